The summed E-state index contributed by atoms with van der Waals surface area (Å²) in [6.07, 6.45) is 27.1. The van der Waals surface area contributed by atoms with E-state index in [1.165, 1.54) is 44.5 Å². The monoisotopic (exact) mass is 854 g/mol. The van der Waals surface area contributed by atoms with Crippen LogP contribution in [-0.4, -0.2) is 21.3 Å². The van der Waals surface area contributed by atoms with Gasteiger partial charge in [0.1, 0.15) is 0 Å². The molecule has 6 aromatic carbocycles. The van der Waals surface area contributed by atoms with Crippen LogP contribution in [0.25, 0.3) is 36.5 Å². The standard InChI is InChI=1S/3C16H14.C7H11.3CH3O.Ti/c3*1-3-9-15(10-4-1)13-7-8-14-16-11-5-2-6-12-16;1-6(2)5-7(3)4;3*1-2;/h3*1-14H;1,5H,2-4H3;3*1H3;/q;;;;3*-1;+3. The second-order valence-corrected chi connectivity index (χ2v) is 13.2. The van der Waals surface area contributed by atoms with E-state index in [9.17, 15) is 0 Å². The van der Waals surface area contributed by atoms with E-state index in [2.05, 4.69) is 197 Å². The van der Waals surface area contributed by atoms with Crippen molar-refractivity contribution in [1.82, 2.24) is 0 Å². The van der Waals surface area contributed by atoms with E-state index < -0.39 is 0 Å². The molecule has 0 unspecified atom stereocenters. The minimum Gasteiger partial charge on any atom is -0.857 e. The van der Waals surface area contributed by atoms with Crippen LogP contribution >= 0.6 is 0 Å². The molecule has 6 rings (SSSR count). The molecule has 0 saturated carbocycles. The first-order valence-corrected chi connectivity index (χ1v) is 21.0. The average molecular weight is 855 g/mol. The summed E-state index contributed by atoms with van der Waals surface area (Å²) in [4.78, 5) is 0. The summed E-state index contributed by atoms with van der Waals surface area (Å²) in [6, 6.07) is 61.7. The van der Waals surface area contributed by atoms with Gasteiger partial charge in [-0.3, -0.25) is 0 Å². The predicted octanol–water partition coefficient (Wildman–Crippen LogP) is 12.6. The summed E-state index contributed by atoms with van der Waals surface area (Å²) in [5, 5.41) is 24.8. The maximum Gasteiger partial charge on any atom is -0.153 e. The van der Waals surface area contributed by atoms with Crippen LogP contribution < -0.4 is 15.3 Å². The molecular weight excluding hydrogens is 793 g/mol. The van der Waals surface area contributed by atoms with Gasteiger partial charge in [-0.15, -0.1) is 0 Å². The third-order valence-corrected chi connectivity index (χ3v) is 8.32. The Morgan fingerprint density at radius 3 is 0.581 bits per heavy atom. The SMILES string of the molecule is C(C=Cc1ccccc1)=Cc1ccccc1.C(C=Cc1ccccc1)=Cc1ccccc1.C(C=Cc1ccccc1)=Cc1ccccc1.CC(C)=CC(C)=[CH][Ti+3].C[O-].C[O-].C[O-]. The summed E-state index contributed by atoms with van der Waals surface area (Å²) in [7, 11) is 2.25. The van der Waals surface area contributed by atoms with Crippen LogP contribution in [0.2, 0.25) is 0 Å². The zero-order valence-electron chi connectivity index (χ0n) is 37.1. The Morgan fingerprint density at radius 1 is 0.306 bits per heavy atom. The van der Waals surface area contributed by atoms with E-state index in [4.69, 9.17) is 15.3 Å². The third kappa shape index (κ3) is 31.7. The topological polar surface area (TPSA) is 69.2 Å². The molecule has 0 fully saturated rings. The number of rotatable bonds is 10. The van der Waals surface area contributed by atoms with Crippen molar-refractivity contribution in [1.29, 1.82) is 0 Å². The molecule has 62 heavy (non-hydrogen) atoms. The number of allylic oxidation sites excluding steroid dienone is 9. The molecule has 316 valence electrons. The summed E-state index contributed by atoms with van der Waals surface area (Å²) in [6.45, 7) is 6.31. The first-order valence-electron chi connectivity index (χ1n) is 20.1. The van der Waals surface area contributed by atoms with Crippen molar-refractivity contribution >= 4 is 36.5 Å². The minimum absolute atomic E-state index is 0.750. The fourth-order valence-corrected chi connectivity index (χ4v) is 5.01. The zero-order chi connectivity index (χ0) is 45.7. The molecule has 0 amide bonds. The van der Waals surface area contributed by atoms with Crippen LogP contribution in [0.5, 0.6) is 0 Å². The molecule has 0 aromatic heterocycles. The first-order chi connectivity index (χ1) is 30.5. The minimum atomic E-state index is 0.750. The Kier molecular flexibility index (Phi) is 37.4. The molecular formula is C58H62O3Ti. The molecule has 0 aliphatic carbocycles. The molecule has 0 N–H and O–H groups in total. The van der Waals surface area contributed by atoms with E-state index in [1.54, 1.807) is 0 Å². The van der Waals surface area contributed by atoms with Gasteiger partial charge in [0.05, 0.1) is 0 Å². The largest absolute Gasteiger partial charge is 0.857 e. The number of hydrogen-bond donors (Lipinski definition) is 0. The van der Waals surface area contributed by atoms with Gasteiger partial charge in [-0.25, -0.2) is 0 Å². The van der Waals surface area contributed by atoms with E-state index >= 15 is 0 Å². The fraction of sp³-hybridized carbons (Fsp3) is 0.103. The Morgan fingerprint density at radius 2 is 0.468 bits per heavy atom. The molecule has 0 atom stereocenters. The Balaban J connectivity index is 0.000000786. The van der Waals surface area contributed by atoms with Crippen molar-refractivity contribution in [3.05, 3.63) is 273 Å². The summed E-state index contributed by atoms with van der Waals surface area (Å²) in [5.74, 6) is 0. The Hall–Kier alpha value is -6.17. The van der Waals surface area contributed by atoms with Crippen LogP contribution in [0.3, 0.4) is 0 Å². The second kappa shape index (κ2) is 41.6. The normalized spacial score (nSPS) is 10.5. The van der Waals surface area contributed by atoms with Crippen LogP contribution in [0.1, 0.15) is 54.2 Å². The van der Waals surface area contributed by atoms with Gasteiger partial charge in [-0.05, 0) is 33.4 Å². The van der Waals surface area contributed by atoms with Crippen LogP contribution in [0.4, 0.5) is 0 Å². The molecule has 0 spiro atoms. The van der Waals surface area contributed by atoms with Crippen LogP contribution in [0, 0.1) is 0 Å². The number of hydrogen-bond acceptors (Lipinski definition) is 3. The van der Waals surface area contributed by atoms with E-state index in [-0.39, 0.29) is 0 Å². The van der Waals surface area contributed by atoms with Crippen molar-refractivity contribution in [3.8, 4) is 0 Å². The van der Waals surface area contributed by atoms with Gasteiger partial charge in [0.2, 0.25) is 0 Å². The van der Waals surface area contributed by atoms with Crippen molar-refractivity contribution < 1.29 is 35.8 Å². The Labute approximate surface area is 385 Å². The van der Waals surface area contributed by atoms with Gasteiger partial charge in [0.25, 0.3) is 0 Å². The van der Waals surface area contributed by atoms with Gasteiger partial charge in [-0.1, -0.05) is 255 Å². The molecule has 6 aromatic rings. The van der Waals surface area contributed by atoms with E-state index in [1.807, 2.05) is 109 Å². The maximum absolute atomic E-state index is 8.25. The molecule has 0 saturated heterocycles. The molecule has 0 radical (unpaired) electrons. The Bertz CT molecular complexity index is 1760. The maximum atomic E-state index is 8.25. The molecule has 3 nitrogen and oxygen atoms in total. The molecule has 4 heteroatoms. The van der Waals surface area contributed by atoms with Crippen molar-refractivity contribution in [2.75, 3.05) is 21.3 Å². The fourth-order valence-electron chi connectivity index (χ4n) is 4.88. The second-order valence-electron chi connectivity index (χ2n) is 12.7. The first kappa shape index (κ1) is 55.8. The summed E-state index contributed by atoms with van der Waals surface area (Å²) < 4.78 is 2.10. The summed E-state index contributed by atoms with van der Waals surface area (Å²) in [5.41, 5.74) is 10.0. The van der Waals surface area contributed by atoms with Gasteiger partial charge in [0.15, 0.2) is 0 Å². The van der Waals surface area contributed by atoms with Crippen molar-refractivity contribution in [2.24, 2.45) is 0 Å². The van der Waals surface area contributed by atoms with Crippen molar-refractivity contribution in [2.45, 2.75) is 20.8 Å². The zero-order valence-corrected chi connectivity index (χ0v) is 38.7. The van der Waals surface area contributed by atoms with E-state index in [0.717, 1.165) is 21.3 Å². The van der Waals surface area contributed by atoms with Crippen molar-refractivity contribution in [3.63, 3.8) is 0 Å². The van der Waals surface area contributed by atoms with Gasteiger partial charge in [0, 0.05) is 0 Å². The number of benzene rings is 6. The average Bonchev–Trinajstić information content (AvgIpc) is 3.35. The summed E-state index contributed by atoms with van der Waals surface area (Å²) >= 11 is 2.05. The third-order valence-electron chi connectivity index (χ3n) is 7.61. The van der Waals surface area contributed by atoms with Gasteiger partial charge >= 0.3 is 62.8 Å². The van der Waals surface area contributed by atoms with Gasteiger partial charge < -0.3 is 15.3 Å². The molecule has 0 aliphatic heterocycles. The quantitative estimate of drug-likeness (QED) is 0.102. The smallest absolute Gasteiger partial charge is 0.153 e. The molecule has 0 aliphatic rings. The van der Waals surface area contributed by atoms with Crippen LogP contribution in [-0.2, 0) is 20.4 Å². The molecule has 0 heterocycles. The van der Waals surface area contributed by atoms with E-state index in [0.29, 0.717) is 0 Å². The molecule has 0 bridgehead atoms. The predicted molar refractivity (Wildman–Crippen MR) is 264 cm³/mol. The van der Waals surface area contributed by atoms with Crippen LogP contribution in [0.15, 0.2) is 240 Å². The van der Waals surface area contributed by atoms with Gasteiger partial charge in [-0.2, -0.15) is 21.3 Å².